The second-order valence-electron chi connectivity index (χ2n) is 10.6. The van der Waals surface area contributed by atoms with Crippen LogP contribution in [0.25, 0.3) is 22.3 Å². The minimum Gasteiger partial charge on any atom is -0.383 e. The number of aromatic nitrogens is 4. The Bertz CT molecular complexity index is 1390. The van der Waals surface area contributed by atoms with Crippen molar-refractivity contribution in [2.24, 2.45) is 0 Å². The van der Waals surface area contributed by atoms with Crippen molar-refractivity contribution in [3.8, 4) is 11.3 Å². The van der Waals surface area contributed by atoms with Gasteiger partial charge < -0.3 is 16.0 Å². The number of anilines is 2. The molecule has 0 radical (unpaired) electrons. The number of nitrogens with one attached hydrogen (secondary N) is 1. The molecule has 9 heteroatoms. The summed E-state index contributed by atoms with van der Waals surface area (Å²) in [5, 5.41) is 8.87. The van der Waals surface area contributed by atoms with Crippen molar-refractivity contribution in [3.63, 3.8) is 0 Å². The van der Waals surface area contributed by atoms with Crippen LogP contribution in [0.1, 0.15) is 37.3 Å². The van der Waals surface area contributed by atoms with Gasteiger partial charge in [-0.3, -0.25) is 4.90 Å². The molecule has 1 saturated heterocycles. The monoisotopic (exact) mass is 514 g/mol. The van der Waals surface area contributed by atoms with Crippen LogP contribution >= 0.6 is 0 Å². The fourth-order valence-electron chi connectivity index (χ4n) is 5.91. The molecular formula is C29H35FN8. The Hall–Kier alpha value is -3.56. The third-order valence-electron chi connectivity index (χ3n) is 8.15. The molecule has 2 aliphatic rings. The molecular weight excluding hydrogens is 479 g/mol. The minimum atomic E-state index is -0.329. The summed E-state index contributed by atoms with van der Waals surface area (Å²) in [6.45, 7) is 5.12. The van der Waals surface area contributed by atoms with Crippen LogP contribution in [0, 0.1) is 5.82 Å². The first-order valence-electron chi connectivity index (χ1n) is 13.6. The molecule has 0 atom stereocenters. The first-order valence-corrected chi connectivity index (χ1v) is 13.6. The fraction of sp³-hybridized carbons (Fsp3) is 0.414. The van der Waals surface area contributed by atoms with Gasteiger partial charge in [-0.2, -0.15) is 5.10 Å². The lowest BCUT2D eigenvalue weighted by molar-refractivity contribution is 0.0815. The molecule has 1 aliphatic carbocycles. The van der Waals surface area contributed by atoms with Gasteiger partial charge in [0, 0.05) is 44.3 Å². The average Bonchev–Trinajstić information content (AvgIpc) is 3.34. The van der Waals surface area contributed by atoms with Gasteiger partial charge >= 0.3 is 0 Å². The number of nitrogens with two attached hydrogens (primary N) is 1. The average molecular weight is 515 g/mol. The van der Waals surface area contributed by atoms with E-state index in [0.29, 0.717) is 40.7 Å². The summed E-state index contributed by atoms with van der Waals surface area (Å²) in [5.74, 6) is 0.0401. The highest BCUT2D eigenvalue weighted by molar-refractivity contribution is 5.98. The third-order valence-corrected chi connectivity index (χ3v) is 8.15. The van der Waals surface area contributed by atoms with E-state index in [2.05, 4.69) is 32.1 Å². The predicted molar refractivity (Wildman–Crippen MR) is 149 cm³/mol. The molecule has 3 N–H and O–H groups in total. The second-order valence-corrected chi connectivity index (χ2v) is 10.6. The highest BCUT2D eigenvalue weighted by Crippen LogP contribution is 2.37. The number of halogens is 1. The van der Waals surface area contributed by atoms with Crippen molar-refractivity contribution >= 4 is 22.5 Å². The normalized spacial score (nSPS) is 21.1. The maximum atomic E-state index is 15.2. The number of hydrogen-bond donors (Lipinski definition) is 2. The molecule has 3 heterocycles. The lowest BCUT2D eigenvalue weighted by Gasteiger charge is -2.41. The molecule has 2 fully saturated rings. The van der Waals surface area contributed by atoms with E-state index in [0.717, 1.165) is 63.1 Å². The van der Waals surface area contributed by atoms with Gasteiger partial charge in [0.2, 0.25) is 0 Å². The zero-order valence-electron chi connectivity index (χ0n) is 21.9. The molecule has 4 aromatic rings. The van der Waals surface area contributed by atoms with Gasteiger partial charge in [0.15, 0.2) is 5.65 Å². The smallest absolute Gasteiger partial charge is 0.164 e. The zero-order chi connectivity index (χ0) is 26.1. The predicted octanol–water partition coefficient (Wildman–Crippen LogP) is 4.56. The van der Waals surface area contributed by atoms with Crippen LogP contribution in [-0.4, -0.2) is 68.8 Å². The van der Waals surface area contributed by atoms with Gasteiger partial charge in [0.25, 0.3) is 0 Å². The Kier molecular flexibility index (Phi) is 6.95. The second kappa shape index (κ2) is 10.7. The van der Waals surface area contributed by atoms with Crippen molar-refractivity contribution in [2.75, 3.05) is 44.3 Å². The molecule has 6 rings (SSSR count). The lowest BCUT2D eigenvalue weighted by atomic mass is 9.90. The van der Waals surface area contributed by atoms with Gasteiger partial charge in [-0.15, -0.1) is 0 Å². The highest BCUT2D eigenvalue weighted by Gasteiger charge is 2.30. The summed E-state index contributed by atoms with van der Waals surface area (Å²) in [6, 6.07) is 16.0. The number of piperazine rings is 1. The molecule has 198 valence electrons. The molecule has 2 aromatic carbocycles. The van der Waals surface area contributed by atoms with E-state index in [-0.39, 0.29) is 11.9 Å². The highest BCUT2D eigenvalue weighted by atomic mass is 19.1. The number of fused-ring (bicyclic) bond motifs is 1. The molecule has 0 amide bonds. The van der Waals surface area contributed by atoms with Gasteiger partial charge in [-0.05, 0) is 50.4 Å². The molecule has 1 saturated carbocycles. The first-order chi connectivity index (χ1) is 18.6. The number of rotatable bonds is 6. The summed E-state index contributed by atoms with van der Waals surface area (Å²) in [4.78, 5) is 13.9. The standard InChI is InChI=1S/C29H35FN8/c1-36-13-15-37(16-14-36)22-8-10-23(11-9-22)38-29-26(28(31)33-19-34-29)27(35-38)21-7-12-25(24(30)17-21)32-18-20-5-3-2-4-6-20/h2-7,12,17,19,22-23,32H,8-11,13-16,18H2,1H3,(H2,31,33,34). The number of likely N-dealkylation sites (N-methyl/N-ethyl adjacent to an activating group) is 1. The quantitative estimate of drug-likeness (QED) is 0.390. The molecule has 8 nitrogen and oxygen atoms in total. The lowest BCUT2D eigenvalue weighted by Crippen LogP contribution is -2.49. The summed E-state index contributed by atoms with van der Waals surface area (Å²) in [7, 11) is 2.20. The molecule has 1 aliphatic heterocycles. The van der Waals surface area contributed by atoms with Crippen LogP contribution in [0.3, 0.4) is 0 Å². The zero-order valence-corrected chi connectivity index (χ0v) is 21.9. The van der Waals surface area contributed by atoms with Crippen LogP contribution in [0.5, 0.6) is 0 Å². The maximum Gasteiger partial charge on any atom is 0.164 e. The Balaban J connectivity index is 1.23. The Labute approximate surface area is 222 Å². The summed E-state index contributed by atoms with van der Waals surface area (Å²) in [6.07, 6.45) is 5.85. The minimum absolute atomic E-state index is 0.237. The summed E-state index contributed by atoms with van der Waals surface area (Å²) >= 11 is 0. The van der Waals surface area contributed by atoms with Crippen molar-refractivity contribution in [3.05, 3.63) is 66.2 Å². The van der Waals surface area contributed by atoms with Gasteiger partial charge in [-0.25, -0.2) is 19.0 Å². The molecule has 38 heavy (non-hydrogen) atoms. The van der Waals surface area contributed by atoms with E-state index in [1.54, 1.807) is 6.07 Å². The topological polar surface area (TPSA) is 88.1 Å². The van der Waals surface area contributed by atoms with Crippen molar-refractivity contribution in [1.82, 2.24) is 29.5 Å². The summed E-state index contributed by atoms with van der Waals surface area (Å²) < 4.78 is 17.2. The van der Waals surface area contributed by atoms with Gasteiger partial charge in [0.1, 0.15) is 23.7 Å². The number of nitrogen functional groups attached to an aromatic ring is 1. The first kappa shape index (κ1) is 24.8. The van der Waals surface area contributed by atoms with Crippen molar-refractivity contribution < 1.29 is 4.39 Å². The Morgan fingerprint density at radius 1 is 0.947 bits per heavy atom. The molecule has 0 bridgehead atoms. The number of benzene rings is 2. The van der Waals surface area contributed by atoms with E-state index in [1.165, 1.54) is 12.4 Å². The number of hydrogen-bond acceptors (Lipinski definition) is 7. The van der Waals surface area contributed by atoms with Gasteiger partial charge in [0.05, 0.1) is 17.1 Å². The maximum absolute atomic E-state index is 15.2. The SMILES string of the molecule is CN1CCN(C2CCC(n3nc(-c4ccc(NCc5ccccc5)c(F)c4)c4c(N)ncnc43)CC2)CC1. The Morgan fingerprint density at radius 2 is 1.68 bits per heavy atom. The fourth-order valence-corrected chi connectivity index (χ4v) is 5.91. The van der Waals surface area contributed by atoms with Crippen LogP contribution in [0.15, 0.2) is 54.9 Å². The largest absolute Gasteiger partial charge is 0.383 e. The number of nitrogens with zero attached hydrogens (tertiary/aromatic N) is 6. The van der Waals surface area contributed by atoms with E-state index in [4.69, 9.17) is 10.8 Å². The van der Waals surface area contributed by atoms with Crippen LogP contribution < -0.4 is 11.1 Å². The van der Waals surface area contributed by atoms with Gasteiger partial charge in [-0.1, -0.05) is 36.4 Å². The Morgan fingerprint density at radius 3 is 2.42 bits per heavy atom. The van der Waals surface area contributed by atoms with E-state index < -0.39 is 0 Å². The van der Waals surface area contributed by atoms with Crippen molar-refractivity contribution in [1.29, 1.82) is 0 Å². The molecule has 0 spiro atoms. The van der Waals surface area contributed by atoms with E-state index >= 15 is 4.39 Å². The van der Waals surface area contributed by atoms with E-state index in [1.807, 2.05) is 41.1 Å². The van der Waals surface area contributed by atoms with Crippen molar-refractivity contribution in [2.45, 2.75) is 44.3 Å². The third kappa shape index (κ3) is 4.96. The molecule has 0 unspecified atom stereocenters. The van der Waals surface area contributed by atoms with Crippen LogP contribution in [-0.2, 0) is 6.54 Å². The van der Waals surface area contributed by atoms with Crippen LogP contribution in [0.2, 0.25) is 0 Å². The van der Waals surface area contributed by atoms with Crippen LogP contribution in [0.4, 0.5) is 15.9 Å². The molecule has 2 aromatic heterocycles. The van der Waals surface area contributed by atoms with E-state index in [9.17, 15) is 0 Å². The summed E-state index contributed by atoms with van der Waals surface area (Å²) in [5.41, 5.74) is 9.90.